The standard InChI is InChI=1S/C18H26F3N3O3/c1-11(2)7-15(17(26)27-4)24-16(25)12(3)8-14(22-24)5-6-23-9-13(10-23)18(19,20)21/h8,11,13,15H,5-7,9-10H2,1-4H3. The van der Waals surface area contributed by atoms with Crippen LogP contribution in [0.25, 0.3) is 0 Å². The number of halogens is 3. The molecule has 0 saturated carbocycles. The average Bonchev–Trinajstić information content (AvgIpc) is 2.52. The molecule has 0 aliphatic carbocycles. The molecule has 1 atom stereocenters. The maximum atomic E-state index is 12.6. The number of likely N-dealkylation sites (tertiary alicyclic amines) is 1. The Morgan fingerprint density at radius 1 is 1.37 bits per heavy atom. The zero-order valence-electron chi connectivity index (χ0n) is 16.0. The molecule has 2 heterocycles. The number of rotatable bonds is 7. The van der Waals surface area contributed by atoms with Crippen LogP contribution in [-0.2, 0) is 16.0 Å². The van der Waals surface area contributed by atoms with E-state index in [-0.39, 0.29) is 24.6 Å². The third-order valence-electron chi connectivity index (χ3n) is 4.73. The number of hydrogen-bond acceptors (Lipinski definition) is 5. The molecule has 0 amide bonds. The zero-order chi connectivity index (χ0) is 20.4. The molecule has 1 aromatic heterocycles. The molecule has 1 fully saturated rings. The first kappa shape index (κ1) is 21.4. The van der Waals surface area contributed by atoms with E-state index >= 15 is 0 Å². The summed E-state index contributed by atoms with van der Waals surface area (Å²) in [4.78, 5) is 26.3. The topological polar surface area (TPSA) is 64.4 Å². The van der Waals surface area contributed by atoms with E-state index in [4.69, 9.17) is 4.74 Å². The molecule has 2 rings (SSSR count). The van der Waals surface area contributed by atoms with Gasteiger partial charge < -0.3 is 9.64 Å². The van der Waals surface area contributed by atoms with Crippen LogP contribution in [0.1, 0.15) is 37.6 Å². The first-order valence-electron chi connectivity index (χ1n) is 8.99. The van der Waals surface area contributed by atoms with Crippen LogP contribution in [-0.4, -0.2) is 53.6 Å². The Balaban J connectivity index is 2.13. The number of hydrogen-bond donors (Lipinski definition) is 0. The number of esters is 1. The Hall–Kier alpha value is -1.90. The molecule has 27 heavy (non-hydrogen) atoms. The molecule has 9 heteroatoms. The van der Waals surface area contributed by atoms with Gasteiger partial charge in [0.25, 0.3) is 5.56 Å². The third kappa shape index (κ3) is 5.31. The molecular formula is C18H26F3N3O3. The van der Waals surface area contributed by atoms with Crippen molar-refractivity contribution in [2.45, 2.75) is 45.8 Å². The number of carbonyl (C=O) groups is 1. The molecule has 1 aliphatic heterocycles. The summed E-state index contributed by atoms with van der Waals surface area (Å²) < 4.78 is 43.7. The summed E-state index contributed by atoms with van der Waals surface area (Å²) in [5.74, 6) is -1.66. The van der Waals surface area contributed by atoms with Crippen molar-refractivity contribution >= 4 is 5.97 Å². The van der Waals surface area contributed by atoms with Gasteiger partial charge in [-0.15, -0.1) is 0 Å². The zero-order valence-corrected chi connectivity index (χ0v) is 16.0. The normalized spacial score (nSPS) is 17.0. The number of methoxy groups -OCH3 is 1. The monoisotopic (exact) mass is 389 g/mol. The molecule has 0 radical (unpaired) electrons. The second-order valence-corrected chi connectivity index (χ2v) is 7.49. The van der Waals surface area contributed by atoms with Crippen molar-refractivity contribution < 1.29 is 22.7 Å². The number of ether oxygens (including phenoxy) is 1. The smallest absolute Gasteiger partial charge is 0.394 e. The SMILES string of the molecule is COC(=O)C(CC(C)C)n1nc(CCN2CC(C(F)(F)F)C2)cc(C)c1=O. The Bertz CT molecular complexity index is 725. The first-order valence-corrected chi connectivity index (χ1v) is 8.99. The second kappa shape index (κ2) is 8.41. The fourth-order valence-electron chi connectivity index (χ4n) is 3.15. The summed E-state index contributed by atoms with van der Waals surface area (Å²) in [7, 11) is 1.26. The molecule has 0 bridgehead atoms. The Kier molecular flexibility index (Phi) is 6.67. The highest BCUT2D eigenvalue weighted by molar-refractivity contribution is 5.73. The highest BCUT2D eigenvalue weighted by Gasteiger charge is 2.46. The van der Waals surface area contributed by atoms with Crippen LogP contribution in [0.2, 0.25) is 0 Å². The molecule has 1 aliphatic rings. The van der Waals surface area contributed by atoms with E-state index in [0.717, 1.165) is 4.68 Å². The van der Waals surface area contributed by atoms with E-state index in [1.54, 1.807) is 17.9 Å². The molecule has 6 nitrogen and oxygen atoms in total. The lowest BCUT2D eigenvalue weighted by Gasteiger charge is -2.40. The number of nitrogens with zero attached hydrogens (tertiary/aromatic N) is 3. The van der Waals surface area contributed by atoms with Crippen molar-refractivity contribution in [3.63, 3.8) is 0 Å². The van der Waals surface area contributed by atoms with Gasteiger partial charge >= 0.3 is 12.1 Å². The lowest BCUT2D eigenvalue weighted by Crippen LogP contribution is -2.53. The summed E-state index contributed by atoms with van der Waals surface area (Å²) in [6.07, 6.45) is -3.34. The highest BCUT2D eigenvalue weighted by atomic mass is 19.4. The van der Waals surface area contributed by atoms with Crippen LogP contribution in [0.3, 0.4) is 0 Å². The quantitative estimate of drug-likeness (QED) is 0.670. The molecular weight excluding hydrogens is 363 g/mol. The summed E-state index contributed by atoms with van der Waals surface area (Å²) in [6, 6.07) is 0.809. The molecule has 1 unspecified atom stereocenters. The van der Waals surface area contributed by atoms with E-state index in [1.807, 2.05) is 13.8 Å². The van der Waals surface area contributed by atoms with E-state index in [9.17, 15) is 22.8 Å². The van der Waals surface area contributed by atoms with Gasteiger partial charge in [-0.3, -0.25) is 4.79 Å². The molecule has 0 N–H and O–H groups in total. The predicted molar refractivity (Wildman–Crippen MR) is 93.4 cm³/mol. The Labute approximate surface area is 156 Å². The van der Waals surface area contributed by atoms with Crippen molar-refractivity contribution in [2.75, 3.05) is 26.7 Å². The first-order chi connectivity index (χ1) is 12.5. The fraction of sp³-hybridized carbons (Fsp3) is 0.722. The van der Waals surface area contributed by atoms with Gasteiger partial charge in [-0.05, 0) is 25.3 Å². The van der Waals surface area contributed by atoms with E-state index in [1.165, 1.54) is 7.11 Å². The Morgan fingerprint density at radius 3 is 2.52 bits per heavy atom. The van der Waals surface area contributed by atoms with Gasteiger partial charge in [0, 0.05) is 31.6 Å². The van der Waals surface area contributed by atoms with Gasteiger partial charge in [-0.2, -0.15) is 18.3 Å². The van der Waals surface area contributed by atoms with Crippen molar-refractivity contribution in [3.8, 4) is 0 Å². The fourth-order valence-corrected chi connectivity index (χ4v) is 3.15. The van der Waals surface area contributed by atoms with Gasteiger partial charge in [0.15, 0.2) is 6.04 Å². The minimum absolute atomic E-state index is 0.0136. The van der Waals surface area contributed by atoms with E-state index in [0.29, 0.717) is 30.6 Å². The van der Waals surface area contributed by atoms with Crippen LogP contribution in [0.5, 0.6) is 0 Å². The maximum absolute atomic E-state index is 12.6. The van der Waals surface area contributed by atoms with Crippen molar-refractivity contribution in [1.82, 2.24) is 14.7 Å². The minimum Gasteiger partial charge on any atom is -0.467 e. The van der Waals surface area contributed by atoms with Crippen molar-refractivity contribution in [2.24, 2.45) is 11.8 Å². The largest absolute Gasteiger partial charge is 0.467 e. The second-order valence-electron chi connectivity index (χ2n) is 7.49. The van der Waals surface area contributed by atoms with Crippen LogP contribution in [0.4, 0.5) is 13.2 Å². The third-order valence-corrected chi connectivity index (χ3v) is 4.73. The number of aryl methyl sites for hydroxylation is 1. The van der Waals surface area contributed by atoms with Crippen molar-refractivity contribution in [3.05, 3.63) is 27.7 Å². The predicted octanol–water partition coefficient (Wildman–Crippen LogP) is 2.35. The lowest BCUT2D eigenvalue weighted by molar-refractivity contribution is -0.208. The molecule has 152 valence electrons. The van der Waals surface area contributed by atoms with E-state index in [2.05, 4.69) is 5.10 Å². The van der Waals surface area contributed by atoms with Gasteiger partial charge in [-0.1, -0.05) is 13.8 Å². The van der Waals surface area contributed by atoms with Crippen LogP contribution in [0.15, 0.2) is 10.9 Å². The summed E-state index contributed by atoms with van der Waals surface area (Å²) in [6.45, 7) is 5.89. The van der Waals surface area contributed by atoms with Gasteiger partial charge in [0.05, 0.1) is 18.7 Å². The van der Waals surface area contributed by atoms with Gasteiger partial charge in [0.1, 0.15) is 0 Å². The molecule has 0 aromatic carbocycles. The number of alkyl halides is 3. The summed E-state index contributed by atoms with van der Waals surface area (Å²) >= 11 is 0. The van der Waals surface area contributed by atoms with Gasteiger partial charge in [0.2, 0.25) is 0 Å². The van der Waals surface area contributed by atoms with E-state index < -0.39 is 24.1 Å². The van der Waals surface area contributed by atoms with Crippen LogP contribution in [0, 0.1) is 18.8 Å². The average molecular weight is 389 g/mol. The summed E-state index contributed by atoms with van der Waals surface area (Å²) in [5.41, 5.74) is 0.644. The highest BCUT2D eigenvalue weighted by Crippen LogP contribution is 2.33. The number of carbonyl (C=O) groups excluding carboxylic acids is 1. The Morgan fingerprint density at radius 2 is 2.00 bits per heavy atom. The molecule has 1 aromatic rings. The van der Waals surface area contributed by atoms with Crippen LogP contribution < -0.4 is 5.56 Å². The van der Waals surface area contributed by atoms with Gasteiger partial charge in [-0.25, -0.2) is 9.48 Å². The summed E-state index contributed by atoms with van der Waals surface area (Å²) in [5, 5.41) is 4.31. The minimum atomic E-state index is -4.15. The lowest BCUT2D eigenvalue weighted by atomic mass is 9.99. The van der Waals surface area contributed by atoms with Crippen LogP contribution >= 0.6 is 0 Å². The maximum Gasteiger partial charge on any atom is 0.394 e. The number of aromatic nitrogens is 2. The molecule has 0 spiro atoms. The molecule has 1 saturated heterocycles. The van der Waals surface area contributed by atoms with Crippen molar-refractivity contribution in [1.29, 1.82) is 0 Å².